The van der Waals surface area contributed by atoms with Crippen molar-refractivity contribution in [3.63, 3.8) is 0 Å². The molecule has 0 fully saturated rings. The summed E-state index contributed by atoms with van der Waals surface area (Å²) in [5.41, 5.74) is 21.6. The van der Waals surface area contributed by atoms with E-state index in [0.717, 1.165) is 44.8 Å². The Kier molecular flexibility index (Phi) is 8.99. The van der Waals surface area contributed by atoms with Crippen molar-refractivity contribution < 1.29 is 0 Å². The van der Waals surface area contributed by atoms with Crippen LogP contribution in [0.25, 0.3) is 67.3 Å². The number of rotatable bonds is 5. The van der Waals surface area contributed by atoms with Gasteiger partial charge < -0.3 is 0 Å². The topological polar surface area (TPSA) is 25.8 Å². The Morgan fingerprint density at radius 1 is 0.261 bits per heavy atom. The summed E-state index contributed by atoms with van der Waals surface area (Å²) in [5.74, 6) is 0.688. The first-order valence-corrected chi connectivity index (χ1v) is 24.5. The lowest BCUT2D eigenvalue weighted by atomic mass is 9.51. The summed E-state index contributed by atoms with van der Waals surface area (Å²) in [6.07, 6.45) is 0. The lowest BCUT2D eigenvalue weighted by Gasteiger charge is -2.52. The predicted molar refractivity (Wildman–Crippen MR) is 283 cm³/mol. The van der Waals surface area contributed by atoms with Crippen LogP contribution in [0.3, 0.4) is 0 Å². The molecule has 0 unspecified atom stereocenters. The van der Waals surface area contributed by atoms with Crippen molar-refractivity contribution in [2.75, 3.05) is 0 Å². The second kappa shape index (κ2) is 15.6. The average Bonchev–Trinajstić information content (AvgIpc) is 3.73. The summed E-state index contributed by atoms with van der Waals surface area (Å²) in [5, 5.41) is 0. The second-order valence-electron chi connectivity index (χ2n) is 18.3. The highest BCUT2D eigenvalue weighted by Crippen LogP contribution is 2.67. The highest BCUT2D eigenvalue weighted by Gasteiger charge is 2.58. The third-order valence-electron chi connectivity index (χ3n) is 14.9. The first-order valence-electron chi connectivity index (χ1n) is 23.7. The Labute approximate surface area is 406 Å². The Morgan fingerprint density at radius 3 is 1.32 bits per heavy atom. The molecule has 2 spiro atoms. The standard InChI is InChI=1S/C66H42N2S/c1-3-21-43(22-4-1)47-27-7-8-30-51(47)61-42-60(44-23-5-2-6-24-44)67-64(68-61)46-26-19-25-45(41-46)48-31-20-39-59-63(48)69-62-40-18-17-38-58(62)66(59)56-36-15-13-34-54(56)65(55-35-14-16-37-57(55)66)52-32-11-9-28-49(52)50-29-10-12-33-53(50)65/h1-42H. The molecule has 14 rings (SSSR count). The number of benzene rings is 10. The molecule has 3 heteroatoms. The van der Waals surface area contributed by atoms with Gasteiger partial charge in [0.2, 0.25) is 0 Å². The Morgan fingerprint density at radius 2 is 0.681 bits per heavy atom. The molecule has 2 heterocycles. The molecule has 0 bridgehead atoms. The van der Waals surface area contributed by atoms with E-state index in [1.165, 1.54) is 71.0 Å². The van der Waals surface area contributed by atoms with Gasteiger partial charge in [-0.1, -0.05) is 248 Å². The highest BCUT2D eigenvalue weighted by atomic mass is 32.2. The molecule has 69 heavy (non-hydrogen) atoms. The van der Waals surface area contributed by atoms with E-state index in [0.29, 0.717) is 5.82 Å². The fraction of sp³-hybridized carbons (Fsp3) is 0.0303. The van der Waals surface area contributed by atoms with E-state index in [1.54, 1.807) is 0 Å². The van der Waals surface area contributed by atoms with Crippen LogP contribution in [0.2, 0.25) is 0 Å². The Bertz CT molecular complexity index is 3740. The minimum absolute atomic E-state index is 0.494. The molecule has 10 aromatic carbocycles. The van der Waals surface area contributed by atoms with Gasteiger partial charge in [0, 0.05) is 26.5 Å². The largest absolute Gasteiger partial charge is 0.228 e. The maximum atomic E-state index is 5.41. The van der Waals surface area contributed by atoms with E-state index >= 15 is 0 Å². The van der Waals surface area contributed by atoms with E-state index in [9.17, 15) is 0 Å². The van der Waals surface area contributed by atoms with E-state index < -0.39 is 10.8 Å². The molecular weight excluding hydrogens is 853 g/mol. The number of aromatic nitrogens is 2. The molecular formula is C66H42N2S. The summed E-state index contributed by atoms with van der Waals surface area (Å²) in [4.78, 5) is 13.3. The lowest BCUT2D eigenvalue weighted by Crippen LogP contribution is -2.45. The van der Waals surface area contributed by atoms with E-state index in [2.05, 4.69) is 255 Å². The van der Waals surface area contributed by atoms with Gasteiger partial charge >= 0.3 is 0 Å². The summed E-state index contributed by atoms with van der Waals surface area (Å²) in [6.45, 7) is 0. The SMILES string of the molecule is c1ccc(-c2cc(-c3ccccc3-c3ccccc3)nc(-c3cccc(-c4cccc5c4Sc4ccccc4C54c5ccccc5C5(c6ccccc6-c6ccccc65)c5ccccc54)c3)n2)cc1. The zero-order valence-electron chi connectivity index (χ0n) is 37.6. The maximum Gasteiger partial charge on any atom is 0.160 e. The fourth-order valence-corrected chi connectivity index (χ4v) is 13.4. The second-order valence-corrected chi connectivity index (χ2v) is 19.3. The van der Waals surface area contributed by atoms with Crippen molar-refractivity contribution in [3.8, 4) is 67.3 Å². The molecule has 2 nitrogen and oxygen atoms in total. The van der Waals surface area contributed by atoms with E-state index in [-0.39, 0.29) is 0 Å². The normalized spacial score (nSPS) is 14.0. The van der Waals surface area contributed by atoms with Gasteiger partial charge in [-0.05, 0) is 96.1 Å². The minimum atomic E-state index is -0.607. The lowest BCUT2D eigenvalue weighted by molar-refractivity contribution is 0.606. The molecule has 0 amide bonds. The predicted octanol–water partition coefficient (Wildman–Crippen LogP) is 16.3. The van der Waals surface area contributed by atoms with Gasteiger partial charge in [0.05, 0.1) is 22.2 Å². The summed E-state index contributed by atoms with van der Waals surface area (Å²) in [6, 6.07) is 93.6. The van der Waals surface area contributed by atoms with Gasteiger partial charge in [-0.3, -0.25) is 0 Å². The first kappa shape index (κ1) is 39.8. The van der Waals surface area contributed by atoms with Gasteiger partial charge in [0.1, 0.15) is 0 Å². The first-order chi connectivity index (χ1) is 34.2. The zero-order chi connectivity index (χ0) is 45.5. The molecule has 1 aliphatic heterocycles. The molecule has 2 aliphatic carbocycles. The van der Waals surface area contributed by atoms with Gasteiger partial charge in [-0.2, -0.15) is 0 Å². The summed E-state index contributed by atoms with van der Waals surface area (Å²) in [7, 11) is 0. The molecule has 0 saturated carbocycles. The molecule has 322 valence electrons. The average molecular weight is 895 g/mol. The smallest absolute Gasteiger partial charge is 0.160 e. The Balaban J connectivity index is 0.988. The molecule has 0 saturated heterocycles. The van der Waals surface area contributed by atoms with Crippen LogP contribution in [0, 0.1) is 0 Å². The van der Waals surface area contributed by atoms with Crippen molar-refractivity contribution in [2.24, 2.45) is 0 Å². The molecule has 11 aromatic rings. The van der Waals surface area contributed by atoms with Crippen molar-refractivity contribution in [1.29, 1.82) is 0 Å². The van der Waals surface area contributed by atoms with Gasteiger partial charge in [-0.25, -0.2) is 9.97 Å². The van der Waals surface area contributed by atoms with Crippen LogP contribution in [0.5, 0.6) is 0 Å². The van der Waals surface area contributed by atoms with Crippen LogP contribution < -0.4 is 0 Å². The monoisotopic (exact) mass is 894 g/mol. The van der Waals surface area contributed by atoms with E-state index in [4.69, 9.17) is 9.97 Å². The Hall–Kier alpha value is -8.37. The van der Waals surface area contributed by atoms with Crippen LogP contribution in [-0.2, 0) is 10.8 Å². The van der Waals surface area contributed by atoms with Crippen LogP contribution in [0.4, 0.5) is 0 Å². The van der Waals surface area contributed by atoms with Crippen molar-refractivity contribution in [3.05, 3.63) is 299 Å². The maximum absolute atomic E-state index is 5.41. The van der Waals surface area contributed by atoms with Gasteiger partial charge in [-0.15, -0.1) is 0 Å². The molecule has 3 aliphatic rings. The molecule has 0 radical (unpaired) electrons. The number of hydrogen-bond donors (Lipinski definition) is 0. The molecule has 0 N–H and O–H groups in total. The molecule has 0 atom stereocenters. The van der Waals surface area contributed by atoms with E-state index in [1.807, 2.05) is 11.8 Å². The van der Waals surface area contributed by atoms with Crippen LogP contribution >= 0.6 is 11.8 Å². The molecule has 1 aromatic heterocycles. The van der Waals surface area contributed by atoms with Gasteiger partial charge in [0.15, 0.2) is 5.82 Å². The summed E-state index contributed by atoms with van der Waals surface area (Å²) < 4.78 is 0. The van der Waals surface area contributed by atoms with Crippen LogP contribution in [0.1, 0.15) is 44.5 Å². The van der Waals surface area contributed by atoms with Gasteiger partial charge in [0.25, 0.3) is 0 Å². The number of hydrogen-bond acceptors (Lipinski definition) is 3. The minimum Gasteiger partial charge on any atom is -0.228 e. The van der Waals surface area contributed by atoms with Crippen molar-refractivity contribution in [2.45, 2.75) is 20.6 Å². The number of fused-ring (bicyclic) bond motifs is 15. The number of nitrogens with zero attached hydrogens (tertiary/aromatic N) is 2. The van der Waals surface area contributed by atoms with Crippen molar-refractivity contribution >= 4 is 11.8 Å². The summed E-state index contributed by atoms with van der Waals surface area (Å²) >= 11 is 1.89. The quantitative estimate of drug-likeness (QED) is 0.172. The highest BCUT2D eigenvalue weighted by molar-refractivity contribution is 7.99. The third kappa shape index (κ3) is 5.75. The van der Waals surface area contributed by atoms with Crippen molar-refractivity contribution in [1.82, 2.24) is 9.97 Å². The zero-order valence-corrected chi connectivity index (χ0v) is 38.4. The van der Waals surface area contributed by atoms with Crippen LogP contribution in [0.15, 0.2) is 265 Å². The van der Waals surface area contributed by atoms with Crippen LogP contribution in [-0.4, -0.2) is 9.97 Å². The fourth-order valence-electron chi connectivity index (χ4n) is 12.1. The third-order valence-corrected chi connectivity index (χ3v) is 16.1.